The number of rotatable bonds is 6. The first kappa shape index (κ1) is 14.9. The molecule has 0 aromatic carbocycles. The molecule has 100 valence electrons. The molecule has 1 atom stereocenters. The Kier molecular flexibility index (Phi) is 5.10. The van der Waals surface area contributed by atoms with Crippen molar-refractivity contribution in [3.05, 3.63) is 17.5 Å². The number of carboxylic acids is 1. The van der Waals surface area contributed by atoms with Gasteiger partial charge in [0.05, 0.1) is 0 Å². The van der Waals surface area contributed by atoms with Gasteiger partial charge in [-0.1, -0.05) is 11.8 Å². The third-order valence-electron chi connectivity index (χ3n) is 2.82. The number of aliphatic carboxylic acids is 1. The molecule has 0 saturated heterocycles. The zero-order valence-corrected chi connectivity index (χ0v) is 12.0. The number of carbonyl (C=O) groups is 1. The van der Waals surface area contributed by atoms with Crippen LogP contribution in [0.4, 0.5) is 0 Å². The van der Waals surface area contributed by atoms with Crippen LogP contribution in [0.1, 0.15) is 24.7 Å². The average Bonchev–Trinajstić information content (AvgIpc) is 2.27. The Morgan fingerprint density at radius 3 is 2.44 bits per heavy atom. The van der Waals surface area contributed by atoms with Crippen LogP contribution in [-0.4, -0.2) is 39.4 Å². The van der Waals surface area contributed by atoms with E-state index in [0.29, 0.717) is 17.3 Å². The van der Waals surface area contributed by atoms with Crippen molar-refractivity contribution in [3.63, 3.8) is 0 Å². The minimum Gasteiger partial charge on any atom is -0.480 e. The van der Waals surface area contributed by atoms with Crippen LogP contribution in [0.25, 0.3) is 0 Å². The summed E-state index contributed by atoms with van der Waals surface area (Å²) in [6.07, 6.45) is 0.514. The lowest BCUT2D eigenvalue weighted by Crippen LogP contribution is -2.47. The molecule has 0 spiro atoms. The van der Waals surface area contributed by atoms with E-state index in [1.807, 2.05) is 19.9 Å². The van der Waals surface area contributed by atoms with E-state index in [-0.39, 0.29) is 0 Å². The number of aromatic nitrogens is 2. The highest BCUT2D eigenvalue weighted by molar-refractivity contribution is 7.99. The van der Waals surface area contributed by atoms with Gasteiger partial charge in [-0.05, 0) is 40.3 Å². The van der Waals surface area contributed by atoms with E-state index >= 15 is 0 Å². The Morgan fingerprint density at radius 1 is 1.44 bits per heavy atom. The number of hydrogen-bond acceptors (Lipinski definition) is 5. The van der Waals surface area contributed by atoms with E-state index in [2.05, 4.69) is 15.3 Å². The largest absolute Gasteiger partial charge is 0.480 e. The van der Waals surface area contributed by atoms with E-state index in [4.69, 9.17) is 5.11 Å². The second-order valence-corrected chi connectivity index (χ2v) is 5.48. The van der Waals surface area contributed by atoms with Crippen molar-refractivity contribution in [3.8, 4) is 0 Å². The SMILES string of the molecule is CNC(C)(CCSc1nc(C)cc(C)n1)C(=O)O. The highest BCUT2D eigenvalue weighted by atomic mass is 32.2. The molecule has 0 fully saturated rings. The summed E-state index contributed by atoms with van der Waals surface area (Å²) in [6.45, 7) is 5.53. The topological polar surface area (TPSA) is 75.1 Å². The summed E-state index contributed by atoms with van der Waals surface area (Å²) in [5.41, 5.74) is 0.963. The van der Waals surface area contributed by atoms with Crippen molar-refractivity contribution >= 4 is 17.7 Å². The van der Waals surface area contributed by atoms with Crippen molar-refractivity contribution in [1.29, 1.82) is 0 Å². The normalized spacial score (nSPS) is 14.2. The fourth-order valence-electron chi connectivity index (χ4n) is 1.44. The Balaban J connectivity index is 2.58. The zero-order chi connectivity index (χ0) is 13.8. The molecule has 0 saturated carbocycles. The van der Waals surface area contributed by atoms with E-state index < -0.39 is 11.5 Å². The summed E-state index contributed by atoms with van der Waals surface area (Å²) in [5.74, 6) is -0.182. The molecular formula is C12H19N3O2S. The van der Waals surface area contributed by atoms with Gasteiger partial charge in [0.1, 0.15) is 5.54 Å². The van der Waals surface area contributed by atoms with E-state index in [0.717, 1.165) is 11.4 Å². The van der Waals surface area contributed by atoms with E-state index in [9.17, 15) is 4.79 Å². The predicted octanol–water partition coefficient (Wildman–Crippen LogP) is 1.64. The number of nitrogens with zero attached hydrogens (tertiary/aromatic N) is 2. The van der Waals surface area contributed by atoms with Crippen molar-refractivity contribution in [2.24, 2.45) is 0 Å². The lowest BCUT2D eigenvalue weighted by atomic mass is 10.00. The molecule has 1 aromatic heterocycles. The van der Waals surface area contributed by atoms with Gasteiger partial charge in [-0.2, -0.15) is 0 Å². The molecule has 1 aromatic rings. The highest BCUT2D eigenvalue weighted by Crippen LogP contribution is 2.19. The third kappa shape index (κ3) is 3.96. The zero-order valence-electron chi connectivity index (χ0n) is 11.1. The second kappa shape index (κ2) is 6.15. The van der Waals surface area contributed by atoms with Gasteiger partial charge in [0.15, 0.2) is 5.16 Å². The fourth-order valence-corrected chi connectivity index (χ4v) is 2.55. The minimum absolute atomic E-state index is 0.514. The molecule has 6 heteroatoms. The predicted molar refractivity (Wildman–Crippen MR) is 71.9 cm³/mol. The van der Waals surface area contributed by atoms with Crippen LogP contribution >= 0.6 is 11.8 Å². The monoisotopic (exact) mass is 269 g/mol. The quantitative estimate of drug-likeness (QED) is 0.604. The molecule has 5 nitrogen and oxygen atoms in total. The summed E-state index contributed by atoms with van der Waals surface area (Å²) in [7, 11) is 1.66. The first-order valence-electron chi connectivity index (χ1n) is 5.75. The Morgan fingerprint density at radius 2 is 2.00 bits per heavy atom. The van der Waals surface area contributed by atoms with Gasteiger partial charge in [-0.3, -0.25) is 4.79 Å². The van der Waals surface area contributed by atoms with Crippen LogP contribution in [-0.2, 0) is 4.79 Å². The molecule has 1 unspecified atom stereocenters. The molecule has 0 amide bonds. The van der Waals surface area contributed by atoms with Gasteiger partial charge in [-0.25, -0.2) is 9.97 Å². The summed E-state index contributed by atoms with van der Waals surface area (Å²) in [4.78, 5) is 19.7. The summed E-state index contributed by atoms with van der Waals surface area (Å²) < 4.78 is 0. The third-order valence-corrected chi connectivity index (χ3v) is 3.67. The molecule has 18 heavy (non-hydrogen) atoms. The molecule has 0 aliphatic rings. The van der Waals surface area contributed by atoms with Crippen LogP contribution in [0.3, 0.4) is 0 Å². The van der Waals surface area contributed by atoms with Gasteiger partial charge in [0.25, 0.3) is 0 Å². The average molecular weight is 269 g/mol. The number of likely N-dealkylation sites (N-methyl/N-ethyl adjacent to an activating group) is 1. The molecule has 0 aliphatic carbocycles. The van der Waals surface area contributed by atoms with Gasteiger partial charge >= 0.3 is 5.97 Å². The molecule has 1 heterocycles. The first-order valence-corrected chi connectivity index (χ1v) is 6.73. The smallest absolute Gasteiger partial charge is 0.323 e. The molecular weight excluding hydrogens is 250 g/mol. The second-order valence-electron chi connectivity index (χ2n) is 4.42. The number of hydrogen-bond donors (Lipinski definition) is 2. The molecule has 0 aliphatic heterocycles. The number of carboxylic acid groups (broad SMARTS) is 1. The number of aryl methyl sites for hydroxylation is 2. The van der Waals surface area contributed by atoms with Crippen LogP contribution in [0.2, 0.25) is 0 Å². The van der Waals surface area contributed by atoms with Gasteiger partial charge in [-0.15, -0.1) is 0 Å². The van der Waals surface area contributed by atoms with Crippen LogP contribution in [0.15, 0.2) is 11.2 Å². The van der Waals surface area contributed by atoms with E-state index in [1.54, 1.807) is 14.0 Å². The molecule has 0 radical (unpaired) electrons. The standard InChI is InChI=1S/C12H19N3O2S/c1-8-7-9(2)15-11(14-8)18-6-5-12(3,13-4)10(16)17/h7,13H,5-6H2,1-4H3,(H,16,17). The van der Waals surface area contributed by atoms with Crippen LogP contribution in [0, 0.1) is 13.8 Å². The summed E-state index contributed by atoms with van der Waals surface area (Å²) in [6, 6.07) is 1.92. The maximum Gasteiger partial charge on any atom is 0.323 e. The molecule has 1 rings (SSSR count). The Hall–Kier alpha value is -1.14. The van der Waals surface area contributed by atoms with Gasteiger partial charge in [0.2, 0.25) is 0 Å². The maximum absolute atomic E-state index is 11.1. The maximum atomic E-state index is 11.1. The number of nitrogens with one attached hydrogen (secondary N) is 1. The van der Waals surface area contributed by atoms with Crippen molar-refractivity contribution in [2.75, 3.05) is 12.8 Å². The van der Waals surface area contributed by atoms with Crippen LogP contribution < -0.4 is 5.32 Å². The Bertz CT molecular complexity index is 419. The minimum atomic E-state index is -0.897. The lowest BCUT2D eigenvalue weighted by molar-refractivity contribution is -0.144. The Labute approximate surface area is 111 Å². The highest BCUT2D eigenvalue weighted by Gasteiger charge is 2.30. The van der Waals surface area contributed by atoms with Crippen molar-refractivity contribution in [1.82, 2.24) is 15.3 Å². The lowest BCUT2D eigenvalue weighted by Gasteiger charge is -2.23. The van der Waals surface area contributed by atoms with Gasteiger partial charge < -0.3 is 10.4 Å². The fraction of sp³-hybridized carbons (Fsp3) is 0.583. The summed E-state index contributed by atoms with van der Waals surface area (Å²) >= 11 is 1.48. The number of thioether (sulfide) groups is 1. The van der Waals surface area contributed by atoms with Crippen molar-refractivity contribution < 1.29 is 9.90 Å². The summed E-state index contributed by atoms with van der Waals surface area (Å²) in [5, 5.41) is 12.7. The van der Waals surface area contributed by atoms with E-state index in [1.165, 1.54) is 11.8 Å². The molecule has 0 bridgehead atoms. The first-order chi connectivity index (χ1) is 8.37. The van der Waals surface area contributed by atoms with Crippen molar-refractivity contribution in [2.45, 2.75) is 37.9 Å². The molecule has 2 N–H and O–H groups in total. The van der Waals surface area contributed by atoms with Gasteiger partial charge in [0, 0.05) is 17.1 Å². The van der Waals surface area contributed by atoms with Crippen LogP contribution in [0.5, 0.6) is 0 Å².